The maximum Gasteiger partial charge on any atom is 0.416 e. The van der Waals surface area contributed by atoms with Crippen LogP contribution < -0.4 is 11.1 Å². The van der Waals surface area contributed by atoms with Crippen molar-refractivity contribution in [3.05, 3.63) is 29.3 Å². The number of hydrogen-bond donors (Lipinski definition) is 2. The van der Waals surface area contributed by atoms with E-state index in [4.69, 9.17) is 5.73 Å². The molecular formula is C10H11F3N2O. The number of rotatable bonds is 3. The lowest BCUT2D eigenvalue weighted by Crippen LogP contribution is -2.16. The molecule has 0 radical (unpaired) electrons. The third-order valence-corrected chi connectivity index (χ3v) is 1.98. The van der Waals surface area contributed by atoms with Gasteiger partial charge in [-0.25, -0.2) is 0 Å². The van der Waals surface area contributed by atoms with Gasteiger partial charge in [-0.2, -0.15) is 13.2 Å². The van der Waals surface area contributed by atoms with Gasteiger partial charge in [0.2, 0.25) is 0 Å². The van der Waals surface area contributed by atoms with E-state index in [-0.39, 0.29) is 5.56 Å². The molecule has 0 aliphatic carbocycles. The number of nitrogens with two attached hydrogens (primary N) is 1. The summed E-state index contributed by atoms with van der Waals surface area (Å²) >= 11 is 0. The summed E-state index contributed by atoms with van der Waals surface area (Å²) in [6.07, 6.45) is -4.48. The Morgan fingerprint density at radius 2 is 2.06 bits per heavy atom. The van der Waals surface area contributed by atoms with E-state index in [2.05, 4.69) is 5.32 Å². The number of alkyl halides is 3. The number of anilines is 1. The monoisotopic (exact) mass is 232 g/mol. The number of nitrogens with one attached hydrogen (secondary N) is 1. The Labute approximate surface area is 90.4 Å². The Hall–Kier alpha value is -1.72. The molecule has 0 heterocycles. The SMILES string of the molecule is CCNc1ccc(C(F)(F)F)cc1C(N)=O. The van der Waals surface area contributed by atoms with E-state index in [1.54, 1.807) is 6.92 Å². The molecule has 0 spiro atoms. The first-order chi connectivity index (χ1) is 7.36. The maximum atomic E-state index is 12.4. The van der Waals surface area contributed by atoms with Crippen LogP contribution in [0.5, 0.6) is 0 Å². The van der Waals surface area contributed by atoms with E-state index in [1.807, 2.05) is 0 Å². The summed E-state index contributed by atoms with van der Waals surface area (Å²) < 4.78 is 37.1. The summed E-state index contributed by atoms with van der Waals surface area (Å²) in [6.45, 7) is 2.26. The van der Waals surface area contributed by atoms with Gasteiger partial charge in [-0.15, -0.1) is 0 Å². The van der Waals surface area contributed by atoms with Crippen molar-refractivity contribution in [1.29, 1.82) is 0 Å². The lowest BCUT2D eigenvalue weighted by atomic mass is 10.1. The number of primary amides is 1. The molecule has 1 amide bonds. The van der Waals surface area contributed by atoms with E-state index >= 15 is 0 Å². The Morgan fingerprint density at radius 1 is 1.44 bits per heavy atom. The van der Waals surface area contributed by atoms with E-state index in [1.165, 1.54) is 6.07 Å². The normalized spacial score (nSPS) is 11.2. The van der Waals surface area contributed by atoms with Crippen molar-refractivity contribution < 1.29 is 18.0 Å². The molecule has 0 aliphatic heterocycles. The predicted molar refractivity (Wildman–Crippen MR) is 54.1 cm³/mol. The standard InChI is InChI=1S/C10H11F3N2O/c1-2-15-8-4-3-6(10(11,12)13)5-7(8)9(14)16/h3-5,15H,2H2,1H3,(H2,14,16). The highest BCUT2D eigenvalue weighted by atomic mass is 19.4. The van der Waals surface area contributed by atoms with Crippen molar-refractivity contribution in [3.63, 3.8) is 0 Å². The van der Waals surface area contributed by atoms with Crippen LogP contribution in [0.1, 0.15) is 22.8 Å². The molecule has 0 aromatic heterocycles. The van der Waals surface area contributed by atoms with Gasteiger partial charge >= 0.3 is 6.18 Å². The second kappa shape index (κ2) is 4.42. The Morgan fingerprint density at radius 3 is 2.50 bits per heavy atom. The second-order valence-electron chi connectivity index (χ2n) is 3.15. The minimum absolute atomic E-state index is 0.156. The Balaban J connectivity index is 3.23. The molecule has 3 N–H and O–H groups in total. The summed E-state index contributed by atoms with van der Waals surface area (Å²) in [4.78, 5) is 11.0. The van der Waals surface area contributed by atoms with Gasteiger partial charge < -0.3 is 11.1 Å². The molecule has 0 bridgehead atoms. The third kappa shape index (κ3) is 2.65. The average molecular weight is 232 g/mol. The average Bonchev–Trinajstić information content (AvgIpc) is 2.16. The largest absolute Gasteiger partial charge is 0.416 e. The van der Waals surface area contributed by atoms with Crippen LogP contribution in [-0.2, 0) is 6.18 Å². The van der Waals surface area contributed by atoms with Gasteiger partial charge in [0.05, 0.1) is 11.1 Å². The van der Waals surface area contributed by atoms with Crippen molar-refractivity contribution in [1.82, 2.24) is 0 Å². The molecule has 88 valence electrons. The van der Waals surface area contributed by atoms with Crippen molar-refractivity contribution in [2.75, 3.05) is 11.9 Å². The van der Waals surface area contributed by atoms with Crippen molar-refractivity contribution in [2.45, 2.75) is 13.1 Å². The molecule has 16 heavy (non-hydrogen) atoms. The van der Waals surface area contributed by atoms with Crippen LogP contribution in [0.3, 0.4) is 0 Å². The molecule has 0 aliphatic rings. The number of carbonyl (C=O) groups is 1. The Bertz CT molecular complexity index is 402. The summed E-state index contributed by atoms with van der Waals surface area (Å²) in [5, 5.41) is 2.77. The summed E-state index contributed by atoms with van der Waals surface area (Å²) in [5.41, 5.74) is 4.28. The third-order valence-electron chi connectivity index (χ3n) is 1.98. The number of halogens is 3. The lowest BCUT2D eigenvalue weighted by Gasteiger charge is -2.12. The quantitative estimate of drug-likeness (QED) is 0.839. The lowest BCUT2D eigenvalue weighted by molar-refractivity contribution is -0.137. The van der Waals surface area contributed by atoms with Gasteiger partial charge in [-0.1, -0.05) is 0 Å². The molecule has 1 aromatic rings. The summed E-state index contributed by atoms with van der Waals surface area (Å²) in [5.74, 6) is -0.887. The summed E-state index contributed by atoms with van der Waals surface area (Å²) in [7, 11) is 0. The molecule has 0 fully saturated rings. The molecule has 0 atom stereocenters. The molecule has 6 heteroatoms. The van der Waals surface area contributed by atoms with Crippen LogP contribution in [0, 0.1) is 0 Å². The molecule has 1 rings (SSSR count). The van der Waals surface area contributed by atoms with Gasteiger partial charge in [0, 0.05) is 12.2 Å². The molecule has 0 unspecified atom stereocenters. The first-order valence-electron chi connectivity index (χ1n) is 4.61. The molecule has 1 aromatic carbocycles. The van der Waals surface area contributed by atoms with Crippen molar-refractivity contribution >= 4 is 11.6 Å². The molecule has 3 nitrogen and oxygen atoms in total. The fraction of sp³-hybridized carbons (Fsp3) is 0.300. The van der Waals surface area contributed by atoms with E-state index < -0.39 is 17.6 Å². The fourth-order valence-corrected chi connectivity index (χ4v) is 1.27. The second-order valence-corrected chi connectivity index (χ2v) is 3.15. The van der Waals surface area contributed by atoms with Crippen LogP contribution >= 0.6 is 0 Å². The minimum atomic E-state index is -4.48. The summed E-state index contributed by atoms with van der Waals surface area (Å²) in [6, 6.07) is 2.86. The van der Waals surface area contributed by atoms with E-state index in [0.717, 1.165) is 12.1 Å². The van der Waals surface area contributed by atoms with Crippen LogP contribution in [0.4, 0.5) is 18.9 Å². The van der Waals surface area contributed by atoms with Crippen molar-refractivity contribution in [2.24, 2.45) is 5.73 Å². The van der Waals surface area contributed by atoms with Gasteiger partial charge in [-0.3, -0.25) is 4.79 Å². The van der Waals surface area contributed by atoms with Gasteiger partial charge in [0.15, 0.2) is 0 Å². The smallest absolute Gasteiger partial charge is 0.385 e. The fourth-order valence-electron chi connectivity index (χ4n) is 1.27. The number of amides is 1. The highest BCUT2D eigenvalue weighted by molar-refractivity contribution is 5.98. The minimum Gasteiger partial charge on any atom is -0.385 e. The van der Waals surface area contributed by atoms with E-state index in [9.17, 15) is 18.0 Å². The first-order valence-corrected chi connectivity index (χ1v) is 4.61. The van der Waals surface area contributed by atoms with Crippen LogP contribution in [0.25, 0.3) is 0 Å². The topological polar surface area (TPSA) is 55.1 Å². The molecule has 0 saturated carbocycles. The highest BCUT2D eigenvalue weighted by Gasteiger charge is 2.31. The highest BCUT2D eigenvalue weighted by Crippen LogP contribution is 2.31. The number of carbonyl (C=O) groups excluding carboxylic acids is 1. The first kappa shape index (κ1) is 12.4. The predicted octanol–water partition coefficient (Wildman–Crippen LogP) is 2.24. The number of benzene rings is 1. The van der Waals surface area contributed by atoms with Crippen LogP contribution in [-0.4, -0.2) is 12.5 Å². The van der Waals surface area contributed by atoms with Gasteiger partial charge in [-0.05, 0) is 25.1 Å². The molecule has 0 saturated heterocycles. The maximum absolute atomic E-state index is 12.4. The Kier molecular flexibility index (Phi) is 3.41. The van der Waals surface area contributed by atoms with E-state index in [0.29, 0.717) is 12.2 Å². The van der Waals surface area contributed by atoms with Gasteiger partial charge in [0.1, 0.15) is 0 Å². The zero-order valence-corrected chi connectivity index (χ0v) is 8.56. The van der Waals surface area contributed by atoms with Crippen LogP contribution in [0.2, 0.25) is 0 Å². The van der Waals surface area contributed by atoms with Crippen molar-refractivity contribution in [3.8, 4) is 0 Å². The number of hydrogen-bond acceptors (Lipinski definition) is 2. The zero-order chi connectivity index (χ0) is 12.3. The van der Waals surface area contributed by atoms with Crippen LogP contribution in [0.15, 0.2) is 18.2 Å². The molecular weight excluding hydrogens is 221 g/mol. The zero-order valence-electron chi connectivity index (χ0n) is 8.56. The van der Waals surface area contributed by atoms with Gasteiger partial charge in [0.25, 0.3) is 5.91 Å².